The van der Waals surface area contributed by atoms with Crippen molar-refractivity contribution in [3.05, 3.63) is 86.5 Å². The van der Waals surface area contributed by atoms with E-state index in [0.717, 1.165) is 16.7 Å². The van der Waals surface area contributed by atoms with Crippen molar-refractivity contribution >= 4 is 52.0 Å². The number of nitro benzene ring substituents is 1. The third-order valence-electron chi connectivity index (χ3n) is 4.14. The second kappa shape index (κ2) is 7.57. The van der Waals surface area contributed by atoms with E-state index in [1.54, 1.807) is 42.5 Å². The number of carbonyl (C=O) groups excluding carboxylic acids is 2. The summed E-state index contributed by atoms with van der Waals surface area (Å²) in [6.45, 7) is 0. The average molecular weight is 427 g/mol. The van der Waals surface area contributed by atoms with Crippen LogP contribution in [0, 0.1) is 10.1 Å². The zero-order chi connectivity index (χ0) is 20.5. The van der Waals surface area contributed by atoms with Gasteiger partial charge in [-0.25, -0.2) is 4.90 Å². The maximum Gasteiger partial charge on any atom is 0.298 e. The Bertz CT molecular complexity index is 1170. The van der Waals surface area contributed by atoms with Crippen molar-refractivity contribution in [1.82, 2.24) is 0 Å². The van der Waals surface area contributed by atoms with Crippen LogP contribution < -0.4 is 4.90 Å². The Labute approximate surface area is 173 Å². The number of non-ortho nitro benzene ring substituents is 1. The Morgan fingerprint density at radius 2 is 1.83 bits per heavy atom. The van der Waals surface area contributed by atoms with E-state index in [1.165, 1.54) is 24.3 Å². The number of imide groups is 1. The molecule has 1 aromatic heterocycles. The van der Waals surface area contributed by atoms with Crippen LogP contribution in [0.1, 0.15) is 5.76 Å². The van der Waals surface area contributed by atoms with Gasteiger partial charge in [0.25, 0.3) is 16.8 Å². The lowest BCUT2D eigenvalue weighted by Gasteiger charge is -2.11. The summed E-state index contributed by atoms with van der Waals surface area (Å²) in [5.74, 6) is 0.309. The number of benzene rings is 2. The molecule has 144 valence electrons. The van der Waals surface area contributed by atoms with Gasteiger partial charge in [-0.05, 0) is 42.1 Å². The molecule has 3 aromatic rings. The summed E-state index contributed by atoms with van der Waals surface area (Å²) < 4.78 is 5.71. The Morgan fingerprint density at radius 1 is 1.07 bits per heavy atom. The SMILES string of the molecule is O=C1S/C(=C/c2ccc(-c3ccc([N+](=O)[O-])cc3Cl)o2)C(=O)N1c1ccccc1. The summed E-state index contributed by atoms with van der Waals surface area (Å²) in [5.41, 5.74) is 0.852. The van der Waals surface area contributed by atoms with Crippen LogP contribution >= 0.6 is 23.4 Å². The molecule has 1 fully saturated rings. The molecule has 1 aliphatic rings. The quantitative estimate of drug-likeness (QED) is 0.299. The van der Waals surface area contributed by atoms with Gasteiger partial charge in [0.15, 0.2) is 0 Å². The second-order valence-electron chi connectivity index (χ2n) is 5.98. The predicted molar refractivity (Wildman–Crippen MR) is 111 cm³/mol. The summed E-state index contributed by atoms with van der Waals surface area (Å²) in [4.78, 5) is 36.5. The Morgan fingerprint density at radius 3 is 2.52 bits per heavy atom. The number of rotatable bonds is 4. The van der Waals surface area contributed by atoms with E-state index >= 15 is 0 Å². The number of anilines is 1. The lowest BCUT2D eigenvalue weighted by Crippen LogP contribution is -2.27. The monoisotopic (exact) mass is 426 g/mol. The molecule has 0 spiro atoms. The van der Waals surface area contributed by atoms with Crippen molar-refractivity contribution in [2.45, 2.75) is 0 Å². The molecule has 2 amide bonds. The highest BCUT2D eigenvalue weighted by Gasteiger charge is 2.36. The molecule has 2 heterocycles. The molecule has 2 aromatic carbocycles. The summed E-state index contributed by atoms with van der Waals surface area (Å²) >= 11 is 6.95. The highest BCUT2D eigenvalue weighted by atomic mass is 35.5. The molecule has 0 saturated carbocycles. The molecule has 0 bridgehead atoms. The van der Waals surface area contributed by atoms with Crippen LogP contribution in [0.5, 0.6) is 0 Å². The van der Waals surface area contributed by atoms with Gasteiger partial charge in [-0.3, -0.25) is 19.7 Å². The highest BCUT2D eigenvalue weighted by molar-refractivity contribution is 8.19. The van der Waals surface area contributed by atoms with Crippen molar-refractivity contribution < 1.29 is 18.9 Å². The minimum absolute atomic E-state index is 0.125. The van der Waals surface area contributed by atoms with Gasteiger partial charge < -0.3 is 4.42 Å². The molecule has 9 heteroatoms. The van der Waals surface area contributed by atoms with Crippen molar-refractivity contribution in [3.63, 3.8) is 0 Å². The van der Waals surface area contributed by atoms with E-state index in [0.29, 0.717) is 22.8 Å². The topological polar surface area (TPSA) is 93.7 Å². The molecule has 0 atom stereocenters. The van der Waals surface area contributed by atoms with Crippen LogP contribution in [-0.4, -0.2) is 16.1 Å². The standard InChI is InChI=1S/C20H11ClN2O5S/c21-16-10-13(23(26)27)6-8-15(16)17-9-7-14(28-17)11-18-19(24)22(20(25)29-18)12-4-2-1-3-5-12/h1-11H/b18-11+. The lowest BCUT2D eigenvalue weighted by molar-refractivity contribution is -0.384. The molecule has 1 aliphatic heterocycles. The number of hydrogen-bond acceptors (Lipinski definition) is 6. The van der Waals surface area contributed by atoms with Crippen LogP contribution in [-0.2, 0) is 4.79 Å². The van der Waals surface area contributed by atoms with Crippen LogP contribution in [0.15, 0.2) is 70.0 Å². The van der Waals surface area contributed by atoms with Gasteiger partial charge in [-0.2, -0.15) is 0 Å². The van der Waals surface area contributed by atoms with Crippen LogP contribution in [0.4, 0.5) is 16.2 Å². The highest BCUT2D eigenvalue weighted by Crippen LogP contribution is 2.37. The van der Waals surface area contributed by atoms with E-state index in [4.69, 9.17) is 16.0 Å². The Hall–Kier alpha value is -3.36. The average Bonchev–Trinajstić information content (AvgIpc) is 3.27. The summed E-state index contributed by atoms with van der Waals surface area (Å²) in [6, 6.07) is 16.0. The first-order valence-electron chi connectivity index (χ1n) is 8.31. The van der Waals surface area contributed by atoms with Crippen molar-refractivity contribution in [1.29, 1.82) is 0 Å². The number of nitrogens with zero attached hydrogens (tertiary/aromatic N) is 2. The van der Waals surface area contributed by atoms with Crippen molar-refractivity contribution in [3.8, 4) is 11.3 Å². The van der Waals surface area contributed by atoms with Crippen molar-refractivity contribution in [2.75, 3.05) is 4.90 Å². The van der Waals surface area contributed by atoms with Crippen LogP contribution in [0.3, 0.4) is 0 Å². The van der Waals surface area contributed by atoms with Gasteiger partial charge in [0, 0.05) is 23.8 Å². The number of carbonyl (C=O) groups is 2. The fourth-order valence-corrected chi connectivity index (χ4v) is 3.88. The molecule has 7 nitrogen and oxygen atoms in total. The van der Waals surface area contributed by atoms with Gasteiger partial charge in [0.1, 0.15) is 11.5 Å². The van der Waals surface area contributed by atoms with Crippen LogP contribution in [0.2, 0.25) is 5.02 Å². The molecule has 0 unspecified atom stereocenters. The fourth-order valence-electron chi connectivity index (χ4n) is 2.79. The molecule has 4 rings (SSSR count). The normalized spacial score (nSPS) is 15.3. The lowest BCUT2D eigenvalue weighted by atomic mass is 10.1. The first-order chi connectivity index (χ1) is 13.9. The van der Waals surface area contributed by atoms with E-state index in [1.807, 2.05) is 0 Å². The zero-order valence-electron chi connectivity index (χ0n) is 14.6. The summed E-state index contributed by atoms with van der Waals surface area (Å²) in [7, 11) is 0. The number of para-hydroxylation sites is 1. The zero-order valence-corrected chi connectivity index (χ0v) is 16.1. The van der Waals surface area contributed by atoms with Gasteiger partial charge in [0.2, 0.25) is 0 Å². The number of nitro groups is 1. The largest absolute Gasteiger partial charge is 0.457 e. The fraction of sp³-hybridized carbons (Fsp3) is 0. The molecule has 0 radical (unpaired) electrons. The predicted octanol–water partition coefficient (Wildman–Crippen LogP) is 5.75. The van der Waals surface area contributed by atoms with E-state index in [2.05, 4.69) is 0 Å². The minimum Gasteiger partial charge on any atom is -0.457 e. The second-order valence-corrected chi connectivity index (χ2v) is 7.38. The third-order valence-corrected chi connectivity index (χ3v) is 5.32. The Balaban J connectivity index is 1.61. The van der Waals surface area contributed by atoms with Gasteiger partial charge in [-0.15, -0.1) is 0 Å². The van der Waals surface area contributed by atoms with Gasteiger partial charge in [-0.1, -0.05) is 29.8 Å². The number of hydrogen-bond donors (Lipinski definition) is 0. The summed E-state index contributed by atoms with van der Waals surface area (Å²) in [5, 5.41) is 10.6. The maximum atomic E-state index is 12.6. The van der Waals surface area contributed by atoms with Gasteiger partial charge >= 0.3 is 0 Å². The molecule has 29 heavy (non-hydrogen) atoms. The van der Waals surface area contributed by atoms with E-state index in [-0.39, 0.29) is 15.6 Å². The molecule has 1 saturated heterocycles. The maximum absolute atomic E-state index is 12.6. The number of thioether (sulfide) groups is 1. The molecule has 0 N–H and O–H groups in total. The number of furan rings is 1. The third kappa shape index (κ3) is 3.67. The van der Waals surface area contributed by atoms with E-state index in [9.17, 15) is 19.7 Å². The first kappa shape index (κ1) is 19.0. The van der Waals surface area contributed by atoms with Crippen molar-refractivity contribution in [2.24, 2.45) is 0 Å². The van der Waals surface area contributed by atoms with Crippen LogP contribution in [0.25, 0.3) is 17.4 Å². The smallest absolute Gasteiger partial charge is 0.298 e. The van der Waals surface area contributed by atoms with Gasteiger partial charge in [0.05, 0.1) is 20.5 Å². The number of halogens is 1. The molecule has 0 aliphatic carbocycles. The minimum atomic E-state index is -0.536. The Kier molecular flexibility index (Phi) is 4.96. The number of amides is 2. The van der Waals surface area contributed by atoms with E-state index < -0.39 is 16.1 Å². The molecular formula is C20H11ClN2O5S. The summed E-state index contributed by atoms with van der Waals surface area (Å²) in [6.07, 6.45) is 1.48. The molecular weight excluding hydrogens is 416 g/mol. The first-order valence-corrected chi connectivity index (χ1v) is 9.50.